The second-order valence-electron chi connectivity index (χ2n) is 3.68. The average molecular weight is 232 g/mol. The molecule has 3 N–H and O–H groups in total. The van der Waals surface area contributed by atoms with Crippen LogP contribution in [0, 0.1) is 0 Å². The number of nitrogens with zero attached hydrogens (tertiary/aromatic N) is 1. The topological polar surface area (TPSA) is 86.2 Å². The average Bonchev–Trinajstić information content (AvgIpc) is 2.78. The minimum absolute atomic E-state index is 0.334. The molecule has 0 spiro atoms. The van der Waals surface area contributed by atoms with Crippen LogP contribution in [0.5, 0.6) is 0 Å². The number of aromatic amines is 1. The number of H-pyrrole nitrogens is 1. The first-order valence-corrected chi connectivity index (χ1v) is 5.17. The molecule has 0 fully saturated rings. The number of carboxylic acid groups (broad SMARTS) is 1. The number of rotatable bonds is 4. The van der Waals surface area contributed by atoms with Crippen LogP contribution >= 0.6 is 0 Å². The molecule has 0 unspecified atom stereocenters. The van der Waals surface area contributed by atoms with Crippen molar-refractivity contribution in [1.29, 1.82) is 0 Å². The lowest BCUT2D eigenvalue weighted by Gasteiger charge is -2.08. The van der Waals surface area contributed by atoms with E-state index in [0.717, 1.165) is 5.56 Å². The zero-order valence-electron chi connectivity index (χ0n) is 9.00. The predicted molar refractivity (Wildman–Crippen MR) is 61.2 cm³/mol. The maximum atomic E-state index is 10.6. The third kappa shape index (κ3) is 2.51. The Kier molecular flexibility index (Phi) is 3.20. The Balaban J connectivity index is 2.32. The van der Waals surface area contributed by atoms with Gasteiger partial charge in [0.15, 0.2) is 0 Å². The summed E-state index contributed by atoms with van der Waals surface area (Å²) < 4.78 is 0. The van der Waals surface area contributed by atoms with Crippen molar-refractivity contribution in [1.82, 2.24) is 10.2 Å². The number of aliphatic carboxylic acids is 1. The van der Waals surface area contributed by atoms with Crippen molar-refractivity contribution in [3.05, 3.63) is 42.1 Å². The fraction of sp³-hybridized carbons (Fsp3) is 0.167. The van der Waals surface area contributed by atoms with E-state index in [9.17, 15) is 9.90 Å². The largest absolute Gasteiger partial charge is 0.481 e. The zero-order valence-corrected chi connectivity index (χ0v) is 9.00. The number of hydrogen-bond donors (Lipinski definition) is 3. The fourth-order valence-corrected chi connectivity index (χ4v) is 1.66. The van der Waals surface area contributed by atoms with Crippen molar-refractivity contribution in [3.8, 4) is 11.3 Å². The minimum atomic E-state index is -1.05. The molecule has 0 saturated heterocycles. The van der Waals surface area contributed by atoms with Crippen molar-refractivity contribution >= 4 is 5.97 Å². The van der Waals surface area contributed by atoms with Crippen LogP contribution in [0.2, 0.25) is 0 Å². The number of aliphatic hydroxyl groups is 1. The molecule has 5 nitrogen and oxygen atoms in total. The van der Waals surface area contributed by atoms with E-state index in [4.69, 9.17) is 5.11 Å². The summed E-state index contributed by atoms with van der Waals surface area (Å²) in [6.45, 7) is 0. The summed E-state index contributed by atoms with van der Waals surface area (Å²) in [5.41, 5.74) is 2.02. The molecule has 0 aliphatic carbocycles. The fourth-order valence-electron chi connectivity index (χ4n) is 1.66. The molecule has 0 bridgehead atoms. The van der Waals surface area contributed by atoms with Crippen molar-refractivity contribution in [2.75, 3.05) is 0 Å². The van der Waals surface area contributed by atoms with Crippen molar-refractivity contribution in [2.45, 2.75) is 12.5 Å². The molecule has 0 aliphatic rings. The van der Waals surface area contributed by atoms with Gasteiger partial charge < -0.3 is 10.2 Å². The van der Waals surface area contributed by atoms with Gasteiger partial charge in [0.1, 0.15) is 0 Å². The van der Waals surface area contributed by atoms with Crippen LogP contribution in [0.4, 0.5) is 0 Å². The molecule has 1 aromatic carbocycles. The summed E-state index contributed by atoms with van der Waals surface area (Å²) in [5, 5.41) is 25.1. The van der Waals surface area contributed by atoms with Gasteiger partial charge in [-0.25, -0.2) is 0 Å². The van der Waals surface area contributed by atoms with Crippen LogP contribution in [0.15, 0.2) is 36.5 Å². The quantitative estimate of drug-likeness (QED) is 0.747. The van der Waals surface area contributed by atoms with Gasteiger partial charge in [0.25, 0.3) is 0 Å². The summed E-state index contributed by atoms with van der Waals surface area (Å²) in [6.07, 6.45) is 0.0661. The van der Waals surface area contributed by atoms with E-state index < -0.39 is 12.1 Å². The Morgan fingerprint density at radius 1 is 1.35 bits per heavy atom. The summed E-state index contributed by atoms with van der Waals surface area (Å²) >= 11 is 0. The summed E-state index contributed by atoms with van der Waals surface area (Å²) in [6, 6.07) is 9.34. The van der Waals surface area contributed by atoms with Gasteiger partial charge >= 0.3 is 5.97 Å². The highest BCUT2D eigenvalue weighted by molar-refractivity contribution is 5.69. The van der Waals surface area contributed by atoms with Gasteiger partial charge in [0.2, 0.25) is 0 Å². The molecule has 2 aromatic rings. The van der Waals surface area contributed by atoms with Crippen LogP contribution in [0.3, 0.4) is 0 Å². The molecular formula is C12H12N2O3. The Morgan fingerprint density at radius 3 is 2.71 bits per heavy atom. The molecule has 0 saturated carbocycles. The molecule has 0 aliphatic heterocycles. The van der Waals surface area contributed by atoms with Crippen molar-refractivity contribution < 1.29 is 15.0 Å². The SMILES string of the molecule is O=C(O)C[C@@H](O)c1cn[nH]c1-c1ccccc1. The second-order valence-corrected chi connectivity index (χ2v) is 3.68. The zero-order chi connectivity index (χ0) is 12.3. The second kappa shape index (κ2) is 4.80. The van der Waals surface area contributed by atoms with E-state index in [1.807, 2.05) is 30.3 Å². The van der Waals surface area contributed by atoms with Crippen LogP contribution in [-0.4, -0.2) is 26.4 Å². The number of aromatic nitrogens is 2. The summed E-state index contributed by atoms with van der Waals surface area (Å²) in [4.78, 5) is 10.6. The number of benzene rings is 1. The maximum Gasteiger partial charge on any atom is 0.306 e. The molecule has 0 radical (unpaired) electrons. The van der Waals surface area contributed by atoms with E-state index >= 15 is 0 Å². The van der Waals surface area contributed by atoms with Gasteiger partial charge in [0, 0.05) is 5.56 Å². The van der Waals surface area contributed by atoms with E-state index in [1.54, 1.807) is 0 Å². The van der Waals surface area contributed by atoms with Crippen molar-refractivity contribution in [3.63, 3.8) is 0 Å². The smallest absolute Gasteiger partial charge is 0.306 e. The van der Waals surface area contributed by atoms with Gasteiger partial charge in [-0.1, -0.05) is 30.3 Å². The number of carboxylic acids is 1. The van der Waals surface area contributed by atoms with Gasteiger partial charge in [-0.15, -0.1) is 0 Å². The van der Waals surface area contributed by atoms with Crippen molar-refractivity contribution in [2.24, 2.45) is 0 Å². The van der Waals surface area contributed by atoms with Gasteiger partial charge in [0.05, 0.1) is 24.4 Å². The molecule has 17 heavy (non-hydrogen) atoms. The van der Waals surface area contributed by atoms with Crippen LogP contribution in [-0.2, 0) is 4.79 Å². The number of nitrogens with one attached hydrogen (secondary N) is 1. The van der Waals surface area contributed by atoms with Crippen LogP contribution in [0.1, 0.15) is 18.1 Å². The number of hydrogen-bond acceptors (Lipinski definition) is 3. The van der Waals surface area contributed by atoms with Gasteiger partial charge in [-0.05, 0) is 5.56 Å². The first-order chi connectivity index (χ1) is 8.18. The molecule has 1 atom stereocenters. The molecule has 2 rings (SSSR count). The molecule has 1 heterocycles. The number of aliphatic hydroxyl groups excluding tert-OH is 1. The molecule has 0 amide bonds. The lowest BCUT2D eigenvalue weighted by atomic mass is 10.0. The van der Waals surface area contributed by atoms with E-state index in [2.05, 4.69) is 10.2 Å². The summed E-state index contributed by atoms with van der Waals surface area (Å²) in [7, 11) is 0. The monoisotopic (exact) mass is 232 g/mol. The van der Waals surface area contributed by atoms with E-state index in [0.29, 0.717) is 11.3 Å². The molecule has 88 valence electrons. The van der Waals surface area contributed by atoms with E-state index in [1.165, 1.54) is 6.20 Å². The molecular weight excluding hydrogens is 220 g/mol. The standard InChI is InChI=1S/C12H12N2O3/c15-10(6-11(16)17)9-7-13-14-12(9)8-4-2-1-3-5-8/h1-5,7,10,15H,6H2,(H,13,14)(H,16,17)/t10-/m1/s1. The lowest BCUT2D eigenvalue weighted by molar-refractivity contribution is -0.139. The lowest BCUT2D eigenvalue weighted by Crippen LogP contribution is -2.05. The highest BCUT2D eigenvalue weighted by Crippen LogP contribution is 2.27. The third-order valence-electron chi connectivity index (χ3n) is 2.46. The Labute approximate surface area is 97.7 Å². The third-order valence-corrected chi connectivity index (χ3v) is 2.46. The molecule has 1 aromatic heterocycles. The Hall–Kier alpha value is -2.14. The van der Waals surface area contributed by atoms with E-state index in [-0.39, 0.29) is 6.42 Å². The Bertz CT molecular complexity index is 507. The first kappa shape index (κ1) is 11.3. The first-order valence-electron chi connectivity index (χ1n) is 5.17. The maximum absolute atomic E-state index is 10.6. The number of carbonyl (C=O) groups is 1. The van der Waals surface area contributed by atoms with Crippen LogP contribution in [0.25, 0.3) is 11.3 Å². The molecule has 5 heteroatoms. The normalized spacial score (nSPS) is 12.3. The Morgan fingerprint density at radius 2 is 2.06 bits per heavy atom. The van der Waals surface area contributed by atoms with Gasteiger partial charge in [-0.2, -0.15) is 5.10 Å². The highest BCUT2D eigenvalue weighted by atomic mass is 16.4. The summed E-state index contributed by atoms with van der Waals surface area (Å²) in [5.74, 6) is -1.04. The van der Waals surface area contributed by atoms with Gasteiger partial charge in [-0.3, -0.25) is 9.89 Å². The predicted octanol–water partition coefficient (Wildman–Crippen LogP) is 1.58. The minimum Gasteiger partial charge on any atom is -0.481 e. The highest BCUT2D eigenvalue weighted by Gasteiger charge is 2.18. The van der Waals surface area contributed by atoms with Crippen LogP contribution < -0.4 is 0 Å².